The SMILES string of the molecule is OC[C@H]1OC(O)[C@@H](O[C@@H]2OC[C@@H](O)[C@@H](O)[C@@H]2O)[C@@H](O)[C@@H]1O. The molecule has 2 aliphatic rings. The van der Waals surface area contributed by atoms with Gasteiger partial charge in [-0.25, -0.2) is 0 Å². The van der Waals surface area contributed by atoms with Crippen molar-refractivity contribution in [3.8, 4) is 0 Å². The summed E-state index contributed by atoms with van der Waals surface area (Å²) in [6.07, 6.45) is -13.3. The Kier molecular flexibility index (Phi) is 5.48. The second-order valence-corrected chi connectivity index (χ2v) is 5.08. The van der Waals surface area contributed by atoms with Crippen LogP contribution in [-0.2, 0) is 14.2 Å². The summed E-state index contributed by atoms with van der Waals surface area (Å²) in [6.45, 7) is -0.931. The molecule has 2 aliphatic heterocycles. The Morgan fingerprint density at radius 2 is 1.57 bits per heavy atom. The van der Waals surface area contributed by atoms with Crippen LogP contribution in [0.2, 0.25) is 0 Å². The van der Waals surface area contributed by atoms with Crippen molar-refractivity contribution >= 4 is 0 Å². The lowest BCUT2D eigenvalue weighted by Crippen LogP contribution is -2.62. The first kappa shape index (κ1) is 17.0. The number of aliphatic hydroxyl groups excluding tert-OH is 7. The second kappa shape index (κ2) is 6.79. The van der Waals surface area contributed by atoms with Gasteiger partial charge < -0.3 is 50.0 Å². The number of ether oxygens (including phenoxy) is 3. The maximum atomic E-state index is 9.87. The van der Waals surface area contributed by atoms with E-state index in [0.29, 0.717) is 0 Å². The third kappa shape index (κ3) is 3.35. The minimum Gasteiger partial charge on any atom is -0.394 e. The first-order valence-corrected chi connectivity index (χ1v) is 6.48. The van der Waals surface area contributed by atoms with E-state index >= 15 is 0 Å². The van der Waals surface area contributed by atoms with Crippen LogP contribution < -0.4 is 0 Å². The van der Waals surface area contributed by atoms with E-state index in [1.165, 1.54) is 0 Å². The van der Waals surface area contributed by atoms with Gasteiger partial charge in [-0.05, 0) is 0 Å². The van der Waals surface area contributed by atoms with Gasteiger partial charge in [0.05, 0.1) is 13.2 Å². The lowest BCUT2D eigenvalue weighted by Gasteiger charge is -2.43. The van der Waals surface area contributed by atoms with Crippen molar-refractivity contribution in [3.05, 3.63) is 0 Å². The van der Waals surface area contributed by atoms with Gasteiger partial charge in [-0.1, -0.05) is 0 Å². The van der Waals surface area contributed by atoms with Gasteiger partial charge in [-0.3, -0.25) is 0 Å². The highest BCUT2D eigenvalue weighted by atomic mass is 16.7. The molecular weight excluding hydrogens is 292 g/mol. The third-order valence-corrected chi connectivity index (χ3v) is 3.59. The minimum absolute atomic E-state index is 0.315. The highest BCUT2D eigenvalue weighted by Crippen LogP contribution is 2.26. The molecule has 1 unspecified atom stereocenters. The first-order chi connectivity index (χ1) is 9.86. The average Bonchev–Trinajstić information content (AvgIpc) is 2.47. The summed E-state index contributed by atoms with van der Waals surface area (Å²) in [5, 5.41) is 66.7. The van der Waals surface area contributed by atoms with E-state index in [9.17, 15) is 30.6 Å². The molecule has 124 valence electrons. The van der Waals surface area contributed by atoms with Gasteiger partial charge >= 0.3 is 0 Å². The van der Waals surface area contributed by atoms with Crippen molar-refractivity contribution in [1.82, 2.24) is 0 Å². The van der Waals surface area contributed by atoms with E-state index in [0.717, 1.165) is 0 Å². The van der Waals surface area contributed by atoms with Crippen LogP contribution in [0.5, 0.6) is 0 Å². The highest BCUT2D eigenvalue weighted by Gasteiger charge is 2.48. The van der Waals surface area contributed by atoms with E-state index < -0.39 is 61.9 Å². The molecule has 0 saturated carbocycles. The minimum atomic E-state index is -1.68. The van der Waals surface area contributed by atoms with Gasteiger partial charge in [0.25, 0.3) is 0 Å². The van der Waals surface area contributed by atoms with Gasteiger partial charge in [0, 0.05) is 0 Å². The van der Waals surface area contributed by atoms with E-state index in [1.807, 2.05) is 0 Å². The number of hydrogen-bond acceptors (Lipinski definition) is 10. The Morgan fingerprint density at radius 3 is 2.19 bits per heavy atom. The zero-order valence-corrected chi connectivity index (χ0v) is 11.0. The molecule has 0 aromatic carbocycles. The monoisotopic (exact) mass is 312 g/mol. The Labute approximate surface area is 119 Å². The molecule has 2 saturated heterocycles. The van der Waals surface area contributed by atoms with Crippen LogP contribution in [0.3, 0.4) is 0 Å². The molecule has 0 bridgehead atoms. The van der Waals surface area contributed by atoms with Gasteiger partial charge in [-0.15, -0.1) is 0 Å². The molecular formula is C11H20O10. The van der Waals surface area contributed by atoms with Crippen molar-refractivity contribution < 1.29 is 50.0 Å². The quantitative estimate of drug-likeness (QED) is 0.268. The van der Waals surface area contributed by atoms with Crippen LogP contribution in [0, 0.1) is 0 Å². The molecule has 10 nitrogen and oxygen atoms in total. The summed E-state index contributed by atoms with van der Waals surface area (Å²) < 4.78 is 15.0. The van der Waals surface area contributed by atoms with Crippen molar-refractivity contribution in [3.63, 3.8) is 0 Å². The molecule has 9 atom stereocenters. The molecule has 10 heteroatoms. The zero-order valence-electron chi connectivity index (χ0n) is 11.0. The van der Waals surface area contributed by atoms with E-state index in [4.69, 9.17) is 19.3 Å². The van der Waals surface area contributed by atoms with Crippen molar-refractivity contribution in [1.29, 1.82) is 0 Å². The van der Waals surface area contributed by atoms with Crippen LogP contribution in [-0.4, -0.2) is 104 Å². The number of aliphatic hydroxyl groups is 7. The normalized spacial score (nSPS) is 51.9. The molecule has 2 heterocycles. The summed E-state index contributed by atoms with van der Waals surface area (Å²) in [5.41, 5.74) is 0. The van der Waals surface area contributed by atoms with Crippen LogP contribution >= 0.6 is 0 Å². The van der Waals surface area contributed by atoms with Crippen LogP contribution in [0.4, 0.5) is 0 Å². The summed E-state index contributed by atoms with van der Waals surface area (Å²) in [6, 6.07) is 0. The van der Waals surface area contributed by atoms with E-state index in [1.54, 1.807) is 0 Å². The molecule has 0 radical (unpaired) electrons. The molecule has 0 aliphatic carbocycles. The van der Waals surface area contributed by atoms with Gasteiger partial charge in [0.1, 0.15) is 42.7 Å². The Balaban J connectivity index is 2.01. The van der Waals surface area contributed by atoms with Gasteiger partial charge in [-0.2, -0.15) is 0 Å². The van der Waals surface area contributed by atoms with Crippen LogP contribution in [0.1, 0.15) is 0 Å². The largest absolute Gasteiger partial charge is 0.394 e. The van der Waals surface area contributed by atoms with Crippen molar-refractivity contribution in [2.45, 2.75) is 55.3 Å². The smallest absolute Gasteiger partial charge is 0.186 e. The molecule has 0 amide bonds. The Bertz CT molecular complexity index is 341. The first-order valence-electron chi connectivity index (χ1n) is 6.48. The fourth-order valence-corrected chi connectivity index (χ4v) is 2.27. The predicted molar refractivity (Wildman–Crippen MR) is 62.6 cm³/mol. The highest BCUT2D eigenvalue weighted by molar-refractivity contribution is 4.91. The fraction of sp³-hybridized carbons (Fsp3) is 1.00. The number of rotatable bonds is 3. The Hall–Kier alpha value is -0.400. The summed E-state index contributed by atoms with van der Waals surface area (Å²) >= 11 is 0. The molecule has 0 spiro atoms. The third-order valence-electron chi connectivity index (χ3n) is 3.59. The van der Waals surface area contributed by atoms with Crippen LogP contribution in [0.25, 0.3) is 0 Å². The zero-order chi connectivity index (χ0) is 15.7. The molecule has 7 N–H and O–H groups in total. The molecule has 2 rings (SSSR count). The van der Waals surface area contributed by atoms with Gasteiger partial charge in [0.2, 0.25) is 0 Å². The maximum Gasteiger partial charge on any atom is 0.186 e. The Morgan fingerprint density at radius 1 is 0.905 bits per heavy atom. The average molecular weight is 312 g/mol. The molecule has 21 heavy (non-hydrogen) atoms. The van der Waals surface area contributed by atoms with E-state index in [2.05, 4.69) is 0 Å². The molecule has 0 aromatic heterocycles. The molecule has 2 fully saturated rings. The standard InChI is InChI=1S/C11H20O10/c12-1-4-6(15)7(16)9(10(18)20-4)21-11-8(17)5(14)3(13)2-19-11/h3-18H,1-2H2/t3-,4-,5-,6-,7+,8+,9+,10?,11+/m1/s1. The summed E-state index contributed by atoms with van der Waals surface area (Å²) in [5.74, 6) is 0. The maximum absolute atomic E-state index is 9.87. The summed E-state index contributed by atoms with van der Waals surface area (Å²) in [7, 11) is 0. The topological polar surface area (TPSA) is 169 Å². The lowest BCUT2D eigenvalue weighted by molar-refractivity contribution is -0.349. The van der Waals surface area contributed by atoms with Crippen molar-refractivity contribution in [2.75, 3.05) is 13.2 Å². The van der Waals surface area contributed by atoms with Crippen molar-refractivity contribution in [2.24, 2.45) is 0 Å². The van der Waals surface area contributed by atoms with Crippen LogP contribution in [0.15, 0.2) is 0 Å². The second-order valence-electron chi connectivity index (χ2n) is 5.08. The lowest BCUT2D eigenvalue weighted by atomic mass is 9.98. The van der Waals surface area contributed by atoms with Gasteiger partial charge in [0.15, 0.2) is 12.6 Å². The number of hydrogen-bond donors (Lipinski definition) is 7. The summed E-state index contributed by atoms with van der Waals surface area (Å²) in [4.78, 5) is 0. The molecule has 0 aromatic rings. The fourth-order valence-electron chi connectivity index (χ4n) is 2.27. The van der Waals surface area contributed by atoms with E-state index in [-0.39, 0.29) is 6.61 Å². The predicted octanol–water partition coefficient (Wildman–Crippen LogP) is -4.76.